The summed E-state index contributed by atoms with van der Waals surface area (Å²) in [6.45, 7) is 0. The predicted molar refractivity (Wildman–Crippen MR) is 33.4 cm³/mol. The number of hydrogen-bond donors (Lipinski definition) is 0. The standard InChI is InChI=1S/C7H7FO3/c1-10-6(9)7(8)4-2-3-11-5(4)7/h2-5H,1H3/t4-,5-,7-/m0/s1. The molecule has 0 unspecified atom stereocenters. The number of esters is 1. The molecule has 0 bridgehead atoms. The largest absolute Gasteiger partial charge is 0.494 e. The van der Waals surface area contributed by atoms with Crippen LogP contribution in [0, 0.1) is 5.92 Å². The summed E-state index contributed by atoms with van der Waals surface area (Å²) in [6.07, 6.45) is 2.33. The van der Waals surface area contributed by atoms with Crippen molar-refractivity contribution in [2.24, 2.45) is 5.92 Å². The lowest BCUT2D eigenvalue weighted by Gasteiger charge is -2.05. The van der Waals surface area contributed by atoms with Gasteiger partial charge in [-0.2, -0.15) is 0 Å². The molecule has 11 heavy (non-hydrogen) atoms. The van der Waals surface area contributed by atoms with Crippen LogP contribution in [0.2, 0.25) is 0 Å². The SMILES string of the molecule is COC(=O)[C@]1(F)[C@H]2C=CO[C@@H]21. The second kappa shape index (κ2) is 1.75. The van der Waals surface area contributed by atoms with Crippen molar-refractivity contribution in [3.05, 3.63) is 12.3 Å². The fourth-order valence-corrected chi connectivity index (χ4v) is 1.40. The van der Waals surface area contributed by atoms with E-state index in [0.29, 0.717) is 0 Å². The monoisotopic (exact) mass is 158 g/mol. The van der Waals surface area contributed by atoms with E-state index in [2.05, 4.69) is 4.74 Å². The molecular formula is C7H7FO3. The number of carbonyl (C=O) groups excluding carboxylic acids is 1. The number of alkyl halides is 1. The van der Waals surface area contributed by atoms with Gasteiger partial charge in [0.05, 0.1) is 19.3 Å². The van der Waals surface area contributed by atoms with Gasteiger partial charge in [0.1, 0.15) is 0 Å². The molecule has 3 nitrogen and oxygen atoms in total. The zero-order chi connectivity index (χ0) is 8.06. The van der Waals surface area contributed by atoms with Crippen LogP contribution in [-0.4, -0.2) is 24.9 Å². The van der Waals surface area contributed by atoms with Gasteiger partial charge in [0, 0.05) is 0 Å². The molecule has 60 valence electrons. The molecule has 1 aliphatic heterocycles. The Morgan fingerprint density at radius 2 is 2.55 bits per heavy atom. The van der Waals surface area contributed by atoms with Crippen molar-refractivity contribution < 1.29 is 18.7 Å². The number of ether oxygens (including phenoxy) is 2. The Hall–Kier alpha value is -1.06. The minimum atomic E-state index is -1.90. The minimum Gasteiger partial charge on any atom is -0.494 e. The van der Waals surface area contributed by atoms with Gasteiger partial charge in [-0.1, -0.05) is 0 Å². The van der Waals surface area contributed by atoms with Gasteiger partial charge >= 0.3 is 5.97 Å². The Balaban J connectivity index is 2.16. The van der Waals surface area contributed by atoms with E-state index in [1.54, 1.807) is 6.08 Å². The van der Waals surface area contributed by atoms with Crippen LogP contribution in [0.15, 0.2) is 12.3 Å². The van der Waals surface area contributed by atoms with E-state index in [4.69, 9.17) is 4.74 Å². The first-order chi connectivity index (χ1) is 5.21. The highest BCUT2D eigenvalue weighted by Gasteiger charge is 2.75. The third-order valence-electron chi connectivity index (χ3n) is 2.13. The van der Waals surface area contributed by atoms with Crippen LogP contribution in [0.3, 0.4) is 0 Å². The summed E-state index contributed by atoms with van der Waals surface area (Å²) in [4.78, 5) is 10.8. The number of rotatable bonds is 1. The molecule has 0 aromatic rings. The van der Waals surface area contributed by atoms with Gasteiger partial charge in [0.15, 0.2) is 6.10 Å². The molecule has 0 N–H and O–H groups in total. The molecule has 3 atom stereocenters. The van der Waals surface area contributed by atoms with E-state index in [9.17, 15) is 9.18 Å². The van der Waals surface area contributed by atoms with Crippen LogP contribution in [0.5, 0.6) is 0 Å². The van der Waals surface area contributed by atoms with Crippen molar-refractivity contribution >= 4 is 5.97 Å². The van der Waals surface area contributed by atoms with E-state index in [0.717, 1.165) is 0 Å². The lowest BCUT2D eigenvalue weighted by molar-refractivity contribution is -0.150. The molecule has 0 radical (unpaired) electrons. The highest BCUT2D eigenvalue weighted by Crippen LogP contribution is 2.54. The van der Waals surface area contributed by atoms with Crippen molar-refractivity contribution in [3.8, 4) is 0 Å². The summed E-state index contributed by atoms with van der Waals surface area (Å²) < 4.78 is 22.4. The van der Waals surface area contributed by atoms with Gasteiger partial charge in [0.2, 0.25) is 0 Å². The molecule has 0 aromatic heterocycles. The minimum absolute atomic E-state index is 0.421. The molecule has 2 aliphatic rings. The van der Waals surface area contributed by atoms with Crippen LogP contribution in [-0.2, 0) is 14.3 Å². The van der Waals surface area contributed by atoms with Gasteiger partial charge in [-0.25, -0.2) is 9.18 Å². The van der Waals surface area contributed by atoms with Crippen LogP contribution in [0.1, 0.15) is 0 Å². The van der Waals surface area contributed by atoms with Crippen molar-refractivity contribution in [1.82, 2.24) is 0 Å². The van der Waals surface area contributed by atoms with E-state index >= 15 is 0 Å². The molecule has 1 saturated carbocycles. The first-order valence-electron chi connectivity index (χ1n) is 3.30. The molecule has 1 heterocycles. The number of halogens is 1. The summed E-state index contributed by atoms with van der Waals surface area (Å²) in [5.41, 5.74) is -1.90. The summed E-state index contributed by atoms with van der Waals surface area (Å²) in [5, 5.41) is 0. The molecule has 0 aromatic carbocycles. The van der Waals surface area contributed by atoms with E-state index in [1.807, 2.05) is 0 Å². The van der Waals surface area contributed by atoms with Gasteiger partial charge in [-0.15, -0.1) is 0 Å². The number of hydrogen-bond acceptors (Lipinski definition) is 3. The Morgan fingerprint density at radius 3 is 3.00 bits per heavy atom. The zero-order valence-electron chi connectivity index (χ0n) is 5.91. The average Bonchev–Trinajstić information content (AvgIpc) is 2.51. The second-order valence-corrected chi connectivity index (χ2v) is 2.67. The van der Waals surface area contributed by atoms with E-state index < -0.39 is 23.7 Å². The second-order valence-electron chi connectivity index (χ2n) is 2.67. The molecule has 1 fully saturated rings. The fraction of sp³-hybridized carbons (Fsp3) is 0.571. The lowest BCUT2D eigenvalue weighted by atomic mass is 10.3. The summed E-state index contributed by atoms with van der Waals surface area (Å²) >= 11 is 0. The smallest absolute Gasteiger partial charge is 0.348 e. The quantitative estimate of drug-likeness (QED) is 0.518. The highest BCUT2D eigenvalue weighted by molar-refractivity contribution is 5.86. The third kappa shape index (κ3) is 0.593. The van der Waals surface area contributed by atoms with Gasteiger partial charge < -0.3 is 9.47 Å². The fourth-order valence-electron chi connectivity index (χ4n) is 1.40. The van der Waals surface area contributed by atoms with E-state index in [-0.39, 0.29) is 0 Å². The average molecular weight is 158 g/mol. The number of fused-ring (bicyclic) bond motifs is 1. The molecule has 1 aliphatic carbocycles. The van der Waals surface area contributed by atoms with Crippen molar-refractivity contribution in [2.75, 3.05) is 7.11 Å². The zero-order valence-corrected chi connectivity index (χ0v) is 5.91. The van der Waals surface area contributed by atoms with Crippen molar-refractivity contribution in [1.29, 1.82) is 0 Å². The Bertz CT molecular complexity index is 238. The molecule has 4 heteroatoms. The first-order valence-corrected chi connectivity index (χ1v) is 3.30. The molecule has 0 saturated heterocycles. The van der Waals surface area contributed by atoms with Gasteiger partial charge in [-0.05, 0) is 6.08 Å². The topological polar surface area (TPSA) is 35.5 Å². The van der Waals surface area contributed by atoms with Crippen molar-refractivity contribution in [3.63, 3.8) is 0 Å². The predicted octanol–water partition coefficient (Wildman–Crippen LogP) is 0.410. The Morgan fingerprint density at radius 1 is 1.82 bits per heavy atom. The summed E-state index contributed by atoms with van der Waals surface area (Å²) in [5.74, 6) is -1.26. The Labute approximate surface area is 62.8 Å². The number of carbonyl (C=O) groups is 1. The first kappa shape index (κ1) is 6.64. The maximum atomic E-state index is 13.4. The molecular weight excluding hydrogens is 151 g/mol. The van der Waals surface area contributed by atoms with Crippen molar-refractivity contribution in [2.45, 2.75) is 11.8 Å². The normalized spacial score (nSPS) is 44.5. The van der Waals surface area contributed by atoms with Crippen LogP contribution in [0.4, 0.5) is 4.39 Å². The van der Waals surface area contributed by atoms with Crippen LogP contribution in [0.25, 0.3) is 0 Å². The summed E-state index contributed by atoms with van der Waals surface area (Å²) in [7, 11) is 1.17. The maximum absolute atomic E-state index is 13.4. The Kier molecular flexibility index (Phi) is 1.06. The highest BCUT2D eigenvalue weighted by atomic mass is 19.1. The number of methoxy groups -OCH3 is 1. The molecule has 0 spiro atoms. The molecule has 2 rings (SSSR count). The molecule has 0 amide bonds. The van der Waals surface area contributed by atoms with E-state index in [1.165, 1.54) is 13.4 Å². The lowest BCUT2D eigenvalue weighted by Crippen LogP contribution is -2.25. The van der Waals surface area contributed by atoms with Crippen LogP contribution >= 0.6 is 0 Å². The van der Waals surface area contributed by atoms with Gasteiger partial charge in [-0.3, -0.25) is 0 Å². The van der Waals surface area contributed by atoms with Gasteiger partial charge in [0.25, 0.3) is 5.67 Å². The third-order valence-corrected chi connectivity index (χ3v) is 2.13. The maximum Gasteiger partial charge on any atom is 0.348 e. The summed E-state index contributed by atoms with van der Waals surface area (Å²) in [6, 6.07) is 0. The van der Waals surface area contributed by atoms with Crippen LogP contribution < -0.4 is 0 Å².